The Morgan fingerprint density at radius 3 is 2.62 bits per heavy atom. The Morgan fingerprint density at radius 2 is 2.15 bits per heavy atom. The summed E-state index contributed by atoms with van der Waals surface area (Å²) in [5.41, 5.74) is -0.348. The molecule has 0 heterocycles. The SMILES string of the molecule is N#Cc1ccc(Br)c(C(=O)O)c1O. The number of carbonyl (C=O) groups is 1. The van der Waals surface area contributed by atoms with E-state index in [0.29, 0.717) is 0 Å². The van der Waals surface area contributed by atoms with Crippen molar-refractivity contribution in [3.05, 3.63) is 27.7 Å². The minimum atomic E-state index is -1.28. The average molecular weight is 242 g/mol. The second kappa shape index (κ2) is 3.46. The van der Waals surface area contributed by atoms with E-state index < -0.39 is 11.7 Å². The Bertz CT molecular complexity index is 409. The number of aromatic hydroxyl groups is 1. The van der Waals surface area contributed by atoms with E-state index in [0.717, 1.165) is 0 Å². The van der Waals surface area contributed by atoms with Crippen LogP contribution in [0.5, 0.6) is 5.75 Å². The Balaban J connectivity index is 3.50. The summed E-state index contributed by atoms with van der Waals surface area (Å²) < 4.78 is 0.247. The first-order valence-corrected chi connectivity index (χ1v) is 4.02. The van der Waals surface area contributed by atoms with Gasteiger partial charge in [-0.15, -0.1) is 0 Å². The van der Waals surface area contributed by atoms with Crippen LogP contribution in [0.15, 0.2) is 16.6 Å². The van der Waals surface area contributed by atoms with Gasteiger partial charge in [-0.2, -0.15) is 5.26 Å². The van der Waals surface area contributed by atoms with E-state index in [4.69, 9.17) is 10.4 Å². The van der Waals surface area contributed by atoms with Crippen molar-refractivity contribution in [1.29, 1.82) is 5.26 Å². The van der Waals surface area contributed by atoms with Gasteiger partial charge in [-0.1, -0.05) is 0 Å². The molecule has 66 valence electrons. The van der Waals surface area contributed by atoms with Gasteiger partial charge in [-0.3, -0.25) is 0 Å². The molecule has 5 heteroatoms. The molecule has 0 spiro atoms. The summed E-state index contributed by atoms with van der Waals surface area (Å²) in [5.74, 6) is -1.79. The van der Waals surface area contributed by atoms with Crippen LogP contribution in [0.4, 0.5) is 0 Å². The standard InChI is InChI=1S/C8H4BrNO3/c9-5-2-1-4(3-10)7(11)6(5)8(12)13/h1-2,11H,(H,12,13). The summed E-state index contributed by atoms with van der Waals surface area (Å²) in [4.78, 5) is 10.6. The Morgan fingerprint density at radius 1 is 1.54 bits per heavy atom. The fourth-order valence-electron chi connectivity index (χ4n) is 0.860. The highest BCUT2D eigenvalue weighted by Crippen LogP contribution is 2.29. The lowest BCUT2D eigenvalue weighted by Gasteiger charge is -2.02. The Labute approximate surface area is 82.2 Å². The summed E-state index contributed by atoms with van der Waals surface area (Å²) in [7, 11) is 0. The number of phenols is 1. The summed E-state index contributed by atoms with van der Waals surface area (Å²) in [6, 6.07) is 4.43. The van der Waals surface area contributed by atoms with Gasteiger partial charge in [-0.25, -0.2) is 4.79 Å². The maximum atomic E-state index is 10.6. The zero-order valence-corrected chi connectivity index (χ0v) is 7.87. The molecule has 0 bridgehead atoms. The lowest BCUT2D eigenvalue weighted by Crippen LogP contribution is -1.99. The topological polar surface area (TPSA) is 81.3 Å². The third-order valence-electron chi connectivity index (χ3n) is 1.46. The van der Waals surface area contributed by atoms with E-state index in [1.165, 1.54) is 12.1 Å². The summed E-state index contributed by atoms with van der Waals surface area (Å²) >= 11 is 2.96. The van der Waals surface area contributed by atoms with E-state index in [9.17, 15) is 9.90 Å². The molecule has 1 aromatic carbocycles. The van der Waals surface area contributed by atoms with E-state index in [1.807, 2.05) is 0 Å². The Kier molecular flexibility index (Phi) is 2.54. The van der Waals surface area contributed by atoms with Crippen molar-refractivity contribution in [2.24, 2.45) is 0 Å². The van der Waals surface area contributed by atoms with Gasteiger partial charge in [0.1, 0.15) is 17.4 Å². The second-order valence-corrected chi connectivity index (χ2v) is 3.09. The van der Waals surface area contributed by atoms with Crippen molar-refractivity contribution >= 4 is 21.9 Å². The molecular formula is C8H4BrNO3. The van der Waals surface area contributed by atoms with Crippen LogP contribution in [0.25, 0.3) is 0 Å². The lowest BCUT2D eigenvalue weighted by molar-refractivity contribution is 0.0692. The molecule has 1 rings (SSSR count). The molecule has 1 aromatic rings. The number of rotatable bonds is 1. The van der Waals surface area contributed by atoms with Crippen molar-refractivity contribution < 1.29 is 15.0 Å². The minimum Gasteiger partial charge on any atom is -0.506 e. The van der Waals surface area contributed by atoms with Crippen molar-refractivity contribution in [3.8, 4) is 11.8 Å². The van der Waals surface area contributed by atoms with E-state index >= 15 is 0 Å². The smallest absolute Gasteiger partial charge is 0.340 e. The van der Waals surface area contributed by atoms with Crippen LogP contribution in [-0.2, 0) is 0 Å². The molecule has 0 aliphatic heterocycles. The number of halogens is 1. The number of hydrogen-bond acceptors (Lipinski definition) is 3. The predicted octanol–water partition coefficient (Wildman–Crippen LogP) is 1.72. The molecule has 13 heavy (non-hydrogen) atoms. The van der Waals surface area contributed by atoms with Crippen LogP contribution >= 0.6 is 15.9 Å². The van der Waals surface area contributed by atoms with Crippen molar-refractivity contribution in [2.75, 3.05) is 0 Å². The second-order valence-electron chi connectivity index (χ2n) is 2.24. The van der Waals surface area contributed by atoms with Gasteiger partial charge >= 0.3 is 5.97 Å². The van der Waals surface area contributed by atoms with Crippen LogP contribution in [-0.4, -0.2) is 16.2 Å². The first-order chi connectivity index (χ1) is 6.07. The minimum absolute atomic E-state index is 0.0550. The zero-order valence-electron chi connectivity index (χ0n) is 6.28. The summed E-state index contributed by atoms with van der Waals surface area (Å²) in [5, 5.41) is 26.5. The molecule has 0 unspecified atom stereocenters. The van der Waals surface area contributed by atoms with Crippen molar-refractivity contribution in [1.82, 2.24) is 0 Å². The van der Waals surface area contributed by atoms with Crippen LogP contribution in [0.2, 0.25) is 0 Å². The van der Waals surface area contributed by atoms with Crippen LogP contribution in [0.3, 0.4) is 0 Å². The number of carboxylic acid groups (broad SMARTS) is 1. The van der Waals surface area contributed by atoms with Gasteiger partial charge < -0.3 is 10.2 Å². The Hall–Kier alpha value is -1.54. The van der Waals surface area contributed by atoms with Crippen molar-refractivity contribution in [3.63, 3.8) is 0 Å². The molecule has 0 saturated carbocycles. The van der Waals surface area contributed by atoms with Crippen LogP contribution < -0.4 is 0 Å². The highest BCUT2D eigenvalue weighted by Gasteiger charge is 2.16. The average Bonchev–Trinajstić information content (AvgIpc) is 2.04. The number of carboxylic acids is 1. The number of benzene rings is 1. The molecule has 0 fully saturated rings. The maximum absolute atomic E-state index is 10.6. The third-order valence-corrected chi connectivity index (χ3v) is 2.12. The van der Waals surface area contributed by atoms with Crippen LogP contribution in [0, 0.1) is 11.3 Å². The van der Waals surface area contributed by atoms with Gasteiger partial charge in [0.25, 0.3) is 0 Å². The van der Waals surface area contributed by atoms with E-state index in [2.05, 4.69) is 15.9 Å². The van der Waals surface area contributed by atoms with Crippen molar-refractivity contribution in [2.45, 2.75) is 0 Å². The number of aromatic carboxylic acids is 1. The maximum Gasteiger partial charge on any atom is 0.340 e. The molecule has 2 N–H and O–H groups in total. The van der Waals surface area contributed by atoms with Crippen LogP contribution in [0.1, 0.15) is 15.9 Å². The lowest BCUT2D eigenvalue weighted by atomic mass is 10.1. The fourth-order valence-corrected chi connectivity index (χ4v) is 1.35. The van der Waals surface area contributed by atoms with Gasteiger partial charge in [0.2, 0.25) is 0 Å². The molecule has 0 atom stereocenters. The monoisotopic (exact) mass is 241 g/mol. The number of hydrogen-bond donors (Lipinski definition) is 2. The van der Waals surface area contributed by atoms with E-state index in [-0.39, 0.29) is 15.6 Å². The van der Waals surface area contributed by atoms with Gasteiger partial charge in [0.15, 0.2) is 0 Å². The quantitative estimate of drug-likeness (QED) is 0.785. The molecule has 0 radical (unpaired) electrons. The predicted molar refractivity (Wildman–Crippen MR) is 47.5 cm³/mol. The summed E-state index contributed by atoms with van der Waals surface area (Å²) in [6.45, 7) is 0. The zero-order chi connectivity index (χ0) is 10.0. The molecule has 4 nitrogen and oxygen atoms in total. The third kappa shape index (κ3) is 1.63. The van der Waals surface area contributed by atoms with Gasteiger partial charge in [-0.05, 0) is 28.1 Å². The highest BCUT2D eigenvalue weighted by atomic mass is 79.9. The molecular weight excluding hydrogens is 238 g/mol. The molecule has 0 amide bonds. The fraction of sp³-hybridized carbons (Fsp3) is 0. The van der Waals surface area contributed by atoms with E-state index in [1.54, 1.807) is 6.07 Å². The molecule has 0 aliphatic rings. The highest BCUT2D eigenvalue weighted by molar-refractivity contribution is 9.10. The normalized spacial score (nSPS) is 9.23. The van der Waals surface area contributed by atoms with Gasteiger partial charge in [0, 0.05) is 4.47 Å². The molecule has 0 aliphatic carbocycles. The number of nitriles is 1. The first kappa shape index (κ1) is 9.55. The molecule has 0 aromatic heterocycles. The molecule has 0 saturated heterocycles. The largest absolute Gasteiger partial charge is 0.506 e. The first-order valence-electron chi connectivity index (χ1n) is 3.22. The number of nitrogens with zero attached hydrogens (tertiary/aromatic N) is 1. The summed E-state index contributed by atoms with van der Waals surface area (Å²) in [6.07, 6.45) is 0. The van der Waals surface area contributed by atoms with Gasteiger partial charge in [0.05, 0.1) is 5.56 Å².